The number of carbonyl (C=O) groups excluding carboxylic acids is 1. The summed E-state index contributed by atoms with van der Waals surface area (Å²) in [7, 11) is 1.62. The fraction of sp³-hybridized carbons (Fsp3) is 0.350. The third kappa shape index (κ3) is 4.07. The van der Waals surface area contributed by atoms with E-state index in [2.05, 4.69) is 29.7 Å². The summed E-state index contributed by atoms with van der Waals surface area (Å²) in [5.41, 5.74) is 6.14. The second-order valence-electron chi connectivity index (χ2n) is 6.33. The molecule has 1 atom stereocenters. The van der Waals surface area contributed by atoms with Crippen molar-refractivity contribution in [2.24, 2.45) is 0 Å². The Morgan fingerprint density at radius 2 is 1.62 bits per heavy atom. The number of rotatable bonds is 5. The van der Waals surface area contributed by atoms with Crippen molar-refractivity contribution < 1.29 is 9.53 Å². The van der Waals surface area contributed by atoms with Crippen LogP contribution in [-0.2, 0) is 4.79 Å². The van der Waals surface area contributed by atoms with E-state index in [1.807, 2.05) is 45.9 Å². The number of amides is 1. The molecule has 0 saturated heterocycles. The molecule has 2 aromatic rings. The molecule has 2 aromatic carbocycles. The van der Waals surface area contributed by atoms with Gasteiger partial charge in [-0.05, 0) is 63.4 Å². The molecule has 2 rings (SSSR count). The highest BCUT2D eigenvalue weighted by atomic mass is 16.5. The van der Waals surface area contributed by atoms with Gasteiger partial charge < -0.3 is 15.4 Å². The first-order valence-electron chi connectivity index (χ1n) is 8.11. The molecule has 0 aliphatic rings. The summed E-state index contributed by atoms with van der Waals surface area (Å²) >= 11 is 0. The zero-order valence-electron chi connectivity index (χ0n) is 15.3. The molecule has 0 heterocycles. The first-order chi connectivity index (χ1) is 11.3. The molecule has 0 radical (unpaired) electrons. The molecule has 0 aromatic heterocycles. The van der Waals surface area contributed by atoms with Crippen molar-refractivity contribution in [1.29, 1.82) is 0 Å². The lowest BCUT2D eigenvalue weighted by molar-refractivity contribution is -0.116. The fourth-order valence-corrected chi connectivity index (χ4v) is 2.84. The van der Waals surface area contributed by atoms with Crippen LogP contribution >= 0.6 is 0 Å². The van der Waals surface area contributed by atoms with Gasteiger partial charge in [0.25, 0.3) is 0 Å². The van der Waals surface area contributed by atoms with Crippen LogP contribution in [0.1, 0.15) is 29.2 Å². The van der Waals surface area contributed by atoms with Gasteiger partial charge in [0.1, 0.15) is 11.8 Å². The van der Waals surface area contributed by atoms with E-state index in [4.69, 9.17) is 4.74 Å². The number of hydrogen-bond donors (Lipinski definition) is 2. The Hall–Kier alpha value is -2.49. The Morgan fingerprint density at radius 1 is 1.00 bits per heavy atom. The zero-order chi connectivity index (χ0) is 17.9. The Bertz CT molecular complexity index is 730. The van der Waals surface area contributed by atoms with Crippen molar-refractivity contribution in [2.45, 2.75) is 40.7 Å². The van der Waals surface area contributed by atoms with Gasteiger partial charge in [-0.25, -0.2) is 0 Å². The van der Waals surface area contributed by atoms with E-state index in [-0.39, 0.29) is 11.9 Å². The molecular weight excluding hydrogens is 300 g/mol. The van der Waals surface area contributed by atoms with Crippen molar-refractivity contribution in [3.05, 3.63) is 52.6 Å². The van der Waals surface area contributed by atoms with Gasteiger partial charge >= 0.3 is 0 Å². The highest BCUT2D eigenvalue weighted by Gasteiger charge is 2.17. The summed E-state index contributed by atoms with van der Waals surface area (Å²) in [5, 5.41) is 6.27. The third-order valence-corrected chi connectivity index (χ3v) is 4.05. The van der Waals surface area contributed by atoms with Gasteiger partial charge in [0.15, 0.2) is 0 Å². The number of ether oxygens (including phenoxy) is 1. The SMILES string of the molecule is COc1ccc(C)cc1N[C@@H](C)C(=O)Nc1c(C)cc(C)cc1C. The van der Waals surface area contributed by atoms with Crippen LogP contribution in [0.5, 0.6) is 5.75 Å². The normalized spacial score (nSPS) is 11.8. The van der Waals surface area contributed by atoms with Gasteiger partial charge in [-0.3, -0.25) is 4.79 Å². The molecule has 0 unspecified atom stereocenters. The summed E-state index contributed by atoms with van der Waals surface area (Å²) in [6, 6.07) is 9.62. The lowest BCUT2D eigenvalue weighted by Crippen LogP contribution is -2.32. The second-order valence-corrected chi connectivity index (χ2v) is 6.33. The van der Waals surface area contributed by atoms with Crippen LogP contribution in [-0.4, -0.2) is 19.1 Å². The molecule has 4 nitrogen and oxygen atoms in total. The topological polar surface area (TPSA) is 50.4 Å². The molecule has 0 bridgehead atoms. The van der Waals surface area contributed by atoms with E-state index >= 15 is 0 Å². The summed E-state index contributed by atoms with van der Waals surface area (Å²) in [5.74, 6) is 0.650. The number of nitrogens with one attached hydrogen (secondary N) is 2. The van der Waals surface area contributed by atoms with Gasteiger partial charge in [0.05, 0.1) is 12.8 Å². The van der Waals surface area contributed by atoms with Gasteiger partial charge in [-0.1, -0.05) is 23.8 Å². The van der Waals surface area contributed by atoms with Crippen molar-refractivity contribution in [1.82, 2.24) is 0 Å². The smallest absolute Gasteiger partial charge is 0.246 e. The predicted octanol–water partition coefficient (Wildman–Crippen LogP) is 4.37. The lowest BCUT2D eigenvalue weighted by Gasteiger charge is -2.19. The molecule has 0 saturated carbocycles. The first-order valence-corrected chi connectivity index (χ1v) is 8.11. The Morgan fingerprint density at radius 3 is 2.21 bits per heavy atom. The van der Waals surface area contributed by atoms with Crippen molar-refractivity contribution in [3.63, 3.8) is 0 Å². The number of carbonyl (C=O) groups is 1. The maximum atomic E-state index is 12.6. The highest BCUT2D eigenvalue weighted by molar-refractivity contribution is 5.97. The van der Waals surface area contributed by atoms with Crippen LogP contribution in [0.2, 0.25) is 0 Å². The monoisotopic (exact) mass is 326 g/mol. The molecule has 4 heteroatoms. The van der Waals surface area contributed by atoms with Gasteiger partial charge in [-0.15, -0.1) is 0 Å². The first kappa shape index (κ1) is 17.9. The largest absolute Gasteiger partial charge is 0.495 e. The average molecular weight is 326 g/mol. The van der Waals surface area contributed by atoms with Gasteiger partial charge in [-0.2, -0.15) is 0 Å². The predicted molar refractivity (Wildman–Crippen MR) is 100 cm³/mol. The van der Waals surface area contributed by atoms with Crippen molar-refractivity contribution >= 4 is 17.3 Å². The van der Waals surface area contributed by atoms with E-state index in [9.17, 15) is 4.79 Å². The molecule has 0 aliphatic heterocycles. The number of benzene rings is 2. The van der Waals surface area contributed by atoms with Crippen molar-refractivity contribution in [3.8, 4) is 5.75 Å². The maximum absolute atomic E-state index is 12.6. The van der Waals surface area contributed by atoms with E-state index in [0.29, 0.717) is 0 Å². The second kappa shape index (κ2) is 7.39. The van der Waals surface area contributed by atoms with Crippen LogP contribution < -0.4 is 15.4 Å². The van der Waals surface area contributed by atoms with Crippen LogP contribution in [0.25, 0.3) is 0 Å². The molecule has 24 heavy (non-hydrogen) atoms. The van der Waals surface area contributed by atoms with E-state index in [1.54, 1.807) is 7.11 Å². The summed E-state index contributed by atoms with van der Waals surface area (Å²) in [6.45, 7) is 9.93. The lowest BCUT2D eigenvalue weighted by atomic mass is 10.0. The summed E-state index contributed by atoms with van der Waals surface area (Å²) < 4.78 is 5.36. The minimum absolute atomic E-state index is 0.0754. The molecular formula is C20H26N2O2. The standard InChI is InChI=1S/C20H26N2O2/c1-12-7-8-18(24-6)17(11-12)21-16(5)20(23)22-19-14(3)9-13(2)10-15(19)4/h7-11,16,21H,1-6H3,(H,22,23)/t16-/m0/s1. The molecule has 128 valence electrons. The van der Waals surface area contributed by atoms with Crippen LogP contribution in [0, 0.1) is 27.7 Å². The van der Waals surface area contributed by atoms with E-state index < -0.39 is 0 Å². The number of anilines is 2. The minimum Gasteiger partial charge on any atom is -0.495 e. The molecule has 2 N–H and O–H groups in total. The third-order valence-electron chi connectivity index (χ3n) is 4.05. The maximum Gasteiger partial charge on any atom is 0.246 e. The van der Waals surface area contributed by atoms with Gasteiger partial charge in [0.2, 0.25) is 5.91 Å². The average Bonchev–Trinajstić information content (AvgIpc) is 2.50. The van der Waals surface area contributed by atoms with Crippen LogP contribution in [0.3, 0.4) is 0 Å². The Balaban J connectivity index is 2.15. The fourth-order valence-electron chi connectivity index (χ4n) is 2.84. The van der Waals surface area contributed by atoms with Crippen LogP contribution in [0.15, 0.2) is 30.3 Å². The molecule has 1 amide bonds. The number of methoxy groups -OCH3 is 1. The van der Waals surface area contributed by atoms with Crippen molar-refractivity contribution in [2.75, 3.05) is 17.7 Å². The number of hydrogen-bond acceptors (Lipinski definition) is 3. The van der Waals surface area contributed by atoms with E-state index in [0.717, 1.165) is 33.8 Å². The van der Waals surface area contributed by atoms with E-state index in [1.165, 1.54) is 5.56 Å². The van der Waals surface area contributed by atoms with Crippen LogP contribution in [0.4, 0.5) is 11.4 Å². The summed E-state index contributed by atoms with van der Waals surface area (Å²) in [6.07, 6.45) is 0. The Kier molecular flexibility index (Phi) is 5.50. The highest BCUT2D eigenvalue weighted by Crippen LogP contribution is 2.26. The van der Waals surface area contributed by atoms with Gasteiger partial charge in [0, 0.05) is 5.69 Å². The minimum atomic E-state index is -0.388. The molecule has 0 fully saturated rings. The zero-order valence-corrected chi connectivity index (χ0v) is 15.3. The number of aryl methyl sites for hydroxylation is 4. The molecule has 0 aliphatic carbocycles. The Labute approximate surface area is 144 Å². The summed E-state index contributed by atoms with van der Waals surface area (Å²) in [4.78, 5) is 12.6. The quantitative estimate of drug-likeness (QED) is 0.858. The molecule has 0 spiro atoms.